The lowest BCUT2D eigenvalue weighted by Crippen LogP contribution is -2.68. The lowest BCUT2D eigenvalue weighted by Gasteiger charge is -2.45. The van der Waals surface area contributed by atoms with Gasteiger partial charge < -0.3 is 9.64 Å². The lowest BCUT2D eigenvalue weighted by molar-refractivity contribution is -0.142. The van der Waals surface area contributed by atoms with Crippen LogP contribution in [0.15, 0.2) is 42.5 Å². The Kier molecular flexibility index (Phi) is 4.10. The number of carbonyl (C=O) groups is 3. The van der Waals surface area contributed by atoms with Gasteiger partial charge in [0, 0.05) is 19.3 Å². The van der Waals surface area contributed by atoms with Crippen molar-refractivity contribution in [1.29, 1.82) is 0 Å². The molecule has 2 aliphatic rings. The van der Waals surface area contributed by atoms with Gasteiger partial charge in [0.2, 0.25) is 5.91 Å². The van der Waals surface area contributed by atoms with E-state index >= 15 is 0 Å². The van der Waals surface area contributed by atoms with Gasteiger partial charge in [-0.05, 0) is 49.2 Å². The molecule has 144 valence electrons. The van der Waals surface area contributed by atoms with Crippen molar-refractivity contribution in [2.24, 2.45) is 5.41 Å². The molecule has 0 unspecified atom stereocenters. The summed E-state index contributed by atoms with van der Waals surface area (Å²) in [6, 6.07) is 11.9. The van der Waals surface area contributed by atoms with Crippen LogP contribution in [0.5, 0.6) is 5.75 Å². The van der Waals surface area contributed by atoms with E-state index in [-0.39, 0.29) is 13.0 Å². The molecule has 1 spiro atoms. The van der Waals surface area contributed by atoms with Crippen molar-refractivity contribution in [1.82, 2.24) is 5.32 Å². The second-order valence-corrected chi connectivity index (χ2v) is 7.34. The number of fused-ring (bicyclic) bond motifs is 1. The molecule has 0 saturated carbocycles. The van der Waals surface area contributed by atoms with Crippen molar-refractivity contribution in [3.63, 3.8) is 0 Å². The third-order valence-corrected chi connectivity index (χ3v) is 5.45. The number of aryl methyl sites for hydroxylation is 1. The van der Waals surface area contributed by atoms with Gasteiger partial charge in [-0.15, -0.1) is 0 Å². The molecule has 2 aromatic carbocycles. The van der Waals surface area contributed by atoms with Gasteiger partial charge in [-0.1, -0.05) is 17.7 Å². The maximum atomic E-state index is 13.5. The summed E-state index contributed by atoms with van der Waals surface area (Å²) in [5.74, 6) is -0.446. The average Bonchev–Trinajstić information content (AvgIpc) is 2.67. The molecule has 1 N–H and O–H groups in total. The zero-order chi connectivity index (χ0) is 20.1. The molecule has 0 aromatic heterocycles. The topological polar surface area (TPSA) is 79.0 Å². The van der Waals surface area contributed by atoms with E-state index in [2.05, 4.69) is 5.32 Å². The molecule has 0 aliphatic carbocycles. The summed E-state index contributed by atoms with van der Waals surface area (Å²) in [4.78, 5) is 41.8. The Labute approximate surface area is 162 Å². The third kappa shape index (κ3) is 2.62. The average molecular weight is 379 g/mol. The largest absolute Gasteiger partial charge is 0.497 e. The highest BCUT2D eigenvalue weighted by Gasteiger charge is 2.56. The number of imide groups is 2. The lowest BCUT2D eigenvalue weighted by atomic mass is 9.74. The zero-order valence-electron chi connectivity index (χ0n) is 16.0. The van der Waals surface area contributed by atoms with Gasteiger partial charge in [0.05, 0.1) is 12.8 Å². The monoisotopic (exact) mass is 379 g/mol. The van der Waals surface area contributed by atoms with Crippen molar-refractivity contribution in [3.05, 3.63) is 53.6 Å². The molecule has 0 bridgehead atoms. The highest BCUT2D eigenvalue weighted by atomic mass is 16.5. The zero-order valence-corrected chi connectivity index (χ0v) is 16.0. The number of rotatable bonds is 2. The molecule has 7 nitrogen and oxygen atoms in total. The molecule has 4 rings (SSSR count). The highest BCUT2D eigenvalue weighted by molar-refractivity contribution is 6.30. The molecule has 7 heteroatoms. The van der Waals surface area contributed by atoms with Crippen LogP contribution in [0.25, 0.3) is 0 Å². The Morgan fingerprint density at radius 1 is 1.07 bits per heavy atom. The van der Waals surface area contributed by atoms with Crippen LogP contribution < -0.4 is 19.9 Å². The molecule has 4 amide bonds. The van der Waals surface area contributed by atoms with Crippen LogP contribution in [0.3, 0.4) is 0 Å². The number of anilines is 2. The van der Waals surface area contributed by atoms with Crippen molar-refractivity contribution in [2.45, 2.75) is 13.3 Å². The minimum absolute atomic E-state index is 0.202. The molecule has 1 fully saturated rings. The molecule has 1 atom stereocenters. The normalized spacial score (nSPS) is 21.6. The summed E-state index contributed by atoms with van der Waals surface area (Å²) in [7, 11) is 3.39. The van der Waals surface area contributed by atoms with Gasteiger partial charge in [0.1, 0.15) is 5.75 Å². The number of nitrogens with zero attached hydrogens (tertiary/aromatic N) is 2. The molecule has 2 heterocycles. The van der Waals surface area contributed by atoms with Gasteiger partial charge in [-0.25, -0.2) is 9.69 Å². The first kappa shape index (κ1) is 18.0. The highest BCUT2D eigenvalue weighted by Crippen LogP contribution is 2.40. The first-order valence-corrected chi connectivity index (χ1v) is 9.00. The van der Waals surface area contributed by atoms with E-state index in [1.165, 1.54) is 0 Å². The Balaban J connectivity index is 1.77. The molecular formula is C21H21N3O4. The second-order valence-electron chi connectivity index (χ2n) is 7.34. The Morgan fingerprint density at radius 2 is 1.79 bits per heavy atom. The first-order chi connectivity index (χ1) is 13.4. The molecule has 2 aromatic rings. The summed E-state index contributed by atoms with van der Waals surface area (Å²) < 4.78 is 5.14. The third-order valence-electron chi connectivity index (χ3n) is 5.45. The Hall–Kier alpha value is -3.35. The quantitative estimate of drug-likeness (QED) is 0.810. The van der Waals surface area contributed by atoms with Crippen LogP contribution in [0, 0.1) is 12.3 Å². The minimum atomic E-state index is -1.36. The fourth-order valence-electron chi connectivity index (χ4n) is 4.04. The standard InChI is InChI=1S/C21H21N3O4/c1-13-4-9-17-14(10-13)11-21(12-23(17)2)18(25)22-20(27)24(19(21)26)15-5-7-16(28-3)8-6-15/h4-10H,11-12H2,1-3H3,(H,22,25,27)/t21-/m1/s1. The number of methoxy groups -OCH3 is 1. The SMILES string of the molecule is COc1ccc(N2C(=O)NC(=O)[C@]3(Cc4cc(C)ccc4N(C)C3)C2=O)cc1. The van der Waals surface area contributed by atoms with E-state index in [0.717, 1.165) is 21.7 Å². The van der Waals surface area contributed by atoms with Crippen LogP contribution in [-0.4, -0.2) is 38.5 Å². The molecular weight excluding hydrogens is 358 g/mol. The maximum Gasteiger partial charge on any atom is 0.335 e. The number of ether oxygens (including phenoxy) is 1. The van der Waals surface area contributed by atoms with E-state index in [1.807, 2.05) is 37.1 Å². The van der Waals surface area contributed by atoms with Crippen molar-refractivity contribution < 1.29 is 19.1 Å². The first-order valence-electron chi connectivity index (χ1n) is 9.00. The number of barbiturate groups is 1. The summed E-state index contributed by atoms with van der Waals surface area (Å²) >= 11 is 0. The fourth-order valence-corrected chi connectivity index (χ4v) is 4.04. The predicted octanol–water partition coefficient (Wildman–Crippen LogP) is 2.27. The number of hydrogen-bond acceptors (Lipinski definition) is 5. The fraction of sp³-hybridized carbons (Fsp3) is 0.286. The Morgan fingerprint density at radius 3 is 2.46 bits per heavy atom. The summed E-state index contributed by atoms with van der Waals surface area (Å²) in [5.41, 5.74) is 2.00. The number of nitrogens with one attached hydrogen (secondary N) is 1. The molecule has 28 heavy (non-hydrogen) atoms. The summed E-state index contributed by atoms with van der Waals surface area (Å²) in [6.07, 6.45) is 0.249. The van der Waals surface area contributed by atoms with Crippen LogP contribution in [0.1, 0.15) is 11.1 Å². The van der Waals surface area contributed by atoms with E-state index in [0.29, 0.717) is 11.4 Å². The van der Waals surface area contributed by atoms with Gasteiger partial charge in [0.25, 0.3) is 5.91 Å². The summed E-state index contributed by atoms with van der Waals surface area (Å²) in [5, 5.41) is 2.38. The number of urea groups is 1. The van der Waals surface area contributed by atoms with Crippen molar-refractivity contribution >= 4 is 29.2 Å². The number of carbonyl (C=O) groups excluding carboxylic acids is 3. The van der Waals surface area contributed by atoms with Crippen LogP contribution >= 0.6 is 0 Å². The van der Waals surface area contributed by atoms with Gasteiger partial charge in [-0.3, -0.25) is 14.9 Å². The van der Waals surface area contributed by atoms with E-state index in [4.69, 9.17) is 4.74 Å². The van der Waals surface area contributed by atoms with E-state index < -0.39 is 23.3 Å². The van der Waals surface area contributed by atoms with E-state index in [1.54, 1.807) is 31.4 Å². The minimum Gasteiger partial charge on any atom is -0.497 e. The smallest absolute Gasteiger partial charge is 0.335 e. The Bertz CT molecular complexity index is 986. The van der Waals surface area contributed by atoms with Crippen LogP contribution in [0.2, 0.25) is 0 Å². The van der Waals surface area contributed by atoms with Crippen molar-refractivity contribution in [3.8, 4) is 5.75 Å². The van der Waals surface area contributed by atoms with Crippen molar-refractivity contribution in [2.75, 3.05) is 30.5 Å². The molecule has 0 radical (unpaired) electrons. The van der Waals surface area contributed by atoms with Gasteiger partial charge >= 0.3 is 6.03 Å². The molecule has 1 saturated heterocycles. The van der Waals surface area contributed by atoms with E-state index in [9.17, 15) is 14.4 Å². The van der Waals surface area contributed by atoms with Crippen LogP contribution in [0.4, 0.5) is 16.2 Å². The molecule has 2 aliphatic heterocycles. The van der Waals surface area contributed by atoms with Crippen LogP contribution in [-0.2, 0) is 16.0 Å². The number of benzene rings is 2. The number of amides is 4. The predicted molar refractivity (Wildman–Crippen MR) is 105 cm³/mol. The second kappa shape index (κ2) is 6.37. The van der Waals surface area contributed by atoms with Gasteiger partial charge in [-0.2, -0.15) is 0 Å². The van der Waals surface area contributed by atoms with Gasteiger partial charge in [0.15, 0.2) is 5.41 Å². The number of hydrogen-bond donors (Lipinski definition) is 1. The maximum absolute atomic E-state index is 13.5. The summed E-state index contributed by atoms with van der Waals surface area (Å²) in [6.45, 7) is 2.17.